The minimum Gasteiger partial charge on any atom is -0.484 e. The van der Waals surface area contributed by atoms with Gasteiger partial charge in [-0.25, -0.2) is 19.8 Å². The predicted molar refractivity (Wildman–Crippen MR) is 137 cm³/mol. The van der Waals surface area contributed by atoms with Gasteiger partial charge in [0.05, 0.1) is 17.1 Å². The van der Waals surface area contributed by atoms with Gasteiger partial charge in [0.15, 0.2) is 5.76 Å². The molecule has 1 saturated carbocycles. The molecule has 0 spiro atoms. The first-order chi connectivity index (χ1) is 17.7. The normalized spacial score (nSPS) is 25.8. The van der Waals surface area contributed by atoms with Gasteiger partial charge in [0.2, 0.25) is 5.96 Å². The van der Waals surface area contributed by atoms with Gasteiger partial charge in [-0.05, 0) is 76.8 Å². The van der Waals surface area contributed by atoms with Crippen LogP contribution in [-0.4, -0.2) is 58.9 Å². The zero-order valence-corrected chi connectivity index (χ0v) is 21.7. The highest BCUT2D eigenvalue weighted by atomic mass is 16.6. The van der Waals surface area contributed by atoms with Crippen molar-refractivity contribution in [3.63, 3.8) is 0 Å². The van der Waals surface area contributed by atoms with Gasteiger partial charge in [-0.3, -0.25) is 5.21 Å². The molecule has 10 nitrogen and oxygen atoms in total. The molecular weight excluding hydrogens is 474 g/mol. The smallest absolute Gasteiger partial charge is 0.407 e. The summed E-state index contributed by atoms with van der Waals surface area (Å²) in [5, 5.41) is 15.7. The monoisotopic (exact) mass is 507 g/mol. The summed E-state index contributed by atoms with van der Waals surface area (Å²) in [6.07, 6.45) is 6.34. The maximum Gasteiger partial charge on any atom is 0.407 e. The minimum atomic E-state index is -0.507. The highest BCUT2D eigenvalue weighted by Gasteiger charge is 2.27. The Morgan fingerprint density at radius 1 is 1.16 bits per heavy atom. The Balaban J connectivity index is 1.32. The summed E-state index contributed by atoms with van der Waals surface area (Å²) in [5.74, 6) is 1.29. The van der Waals surface area contributed by atoms with E-state index < -0.39 is 5.60 Å². The van der Waals surface area contributed by atoms with Crippen LogP contribution in [0.1, 0.15) is 58.9 Å². The highest BCUT2D eigenvalue weighted by Crippen LogP contribution is 2.28. The Morgan fingerprint density at radius 3 is 2.68 bits per heavy atom. The number of carbonyl (C=O) groups is 1. The number of rotatable bonds is 2. The highest BCUT2D eigenvalue weighted by molar-refractivity contribution is 6.08. The van der Waals surface area contributed by atoms with Crippen LogP contribution in [0.3, 0.4) is 0 Å². The van der Waals surface area contributed by atoms with Crippen molar-refractivity contribution in [1.82, 2.24) is 10.4 Å². The van der Waals surface area contributed by atoms with E-state index in [0.717, 1.165) is 58.2 Å². The van der Waals surface area contributed by atoms with Crippen molar-refractivity contribution < 1.29 is 24.2 Å². The van der Waals surface area contributed by atoms with Crippen LogP contribution < -0.4 is 15.9 Å². The Bertz CT molecular complexity index is 1330. The molecule has 0 aromatic heterocycles. The molecule has 3 heterocycles. The van der Waals surface area contributed by atoms with E-state index in [4.69, 9.17) is 24.2 Å². The second-order valence-corrected chi connectivity index (χ2v) is 10.5. The third-order valence-electron chi connectivity index (χ3n) is 6.50. The van der Waals surface area contributed by atoms with E-state index in [1.165, 1.54) is 6.20 Å². The van der Waals surface area contributed by atoms with Crippen LogP contribution in [0.4, 0.5) is 4.79 Å². The SMILES string of the molecule is CC1=NC(=NC2CCC(NC(=O)OC(C)(C)C)CC2)N=c2cc/c(=C3\C=CN(O)C4=C3OCCO4)cc21. The number of hydroxylamine groups is 2. The molecule has 4 aliphatic rings. The van der Waals surface area contributed by atoms with E-state index in [1.807, 2.05) is 45.9 Å². The van der Waals surface area contributed by atoms with Crippen LogP contribution in [0.5, 0.6) is 0 Å². The van der Waals surface area contributed by atoms with Crippen molar-refractivity contribution in [2.45, 2.75) is 71.1 Å². The van der Waals surface area contributed by atoms with Crippen molar-refractivity contribution in [2.24, 2.45) is 15.0 Å². The van der Waals surface area contributed by atoms with Crippen molar-refractivity contribution in [1.29, 1.82) is 0 Å². The van der Waals surface area contributed by atoms with Crippen LogP contribution in [0, 0.1) is 0 Å². The second kappa shape index (κ2) is 10.0. The molecule has 196 valence electrons. The minimum absolute atomic E-state index is 0.0948. The third-order valence-corrected chi connectivity index (χ3v) is 6.50. The molecular formula is C27H33N5O5. The van der Waals surface area contributed by atoms with Gasteiger partial charge in [-0.2, -0.15) is 5.06 Å². The van der Waals surface area contributed by atoms with Crippen molar-refractivity contribution >= 4 is 23.3 Å². The topological polar surface area (TPSA) is 117 Å². The number of ether oxygens (including phenoxy) is 3. The van der Waals surface area contributed by atoms with Gasteiger partial charge < -0.3 is 19.5 Å². The molecule has 0 bridgehead atoms. The molecule has 5 rings (SSSR count). The Kier molecular flexibility index (Phi) is 6.76. The summed E-state index contributed by atoms with van der Waals surface area (Å²) >= 11 is 0. The first-order valence-corrected chi connectivity index (χ1v) is 12.7. The van der Waals surface area contributed by atoms with Crippen molar-refractivity contribution in [3.05, 3.63) is 58.3 Å². The van der Waals surface area contributed by atoms with Crippen LogP contribution in [0.2, 0.25) is 0 Å². The lowest BCUT2D eigenvalue weighted by atomic mass is 9.91. The molecule has 3 aliphatic heterocycles. The van der Waals surface area contributed by atoms with E-state index in [9.17, 15) is 10.0 Å². The Morgan fingerprint density at radius 2 is 1.92 bits per heavy atom. The third kappa shape index (κ3) is 5.69. The number of hydrogen-bond donors (Lipinski definition) is 2. The maximum absolute atomic E-state index is 12.1. The van der Waals surface area contributed by atoms with Crippen LogP contribution in [0.15, 0.2) is 57.1 Å². The number of allylic oxidation sites excluding steroid dienone is 1. The van der Waals surface area contributed by atoms with E-state index in [0.29, 0.717) is 30.8 Å². The number of amides is 1. The molecule has 1 aliphatic carbocycles. The molecule has 1 amide bonds. The lowest BCUT2D eigenvalue weighted by molar-refractivity contribution is -0.0927. The fourth-order valence-electron chi connectivity index (χ4n) is 4.77. The number of aliphatic imine (C=N–C) groups is 2. The summed E-state index contributed by atoms with van der Waals surface area (Å²) in [6.45, 7) is 8.34. The van der Waals surface area contributed by atoms with Crippen molar-refractivity contribution in [3.8, 4) is 0 Å². The molecule has 2 N–H and O–H groups in total. The van der Waals surface area contributed by atoms with E-state index in [-0.39, 0.29) is 18.2 Å². The quantitative estimate of drug-likeness (QED) is 0.636. The van der Waals surface area contributed by atoms with Crippen molar-refractivity contribution in [2.75, 3.05) is 13.2 Å². The lowest BCUT2D eigenvalue weighted by Gasteiger charge is -2.28. The molecule has 0 radical (unpaired) electrons. The Hall–Kier alpha value is -3.66. The molecule has 0 atom stereocenters. The Labute approximate surface area is 215 Å². The van der Waals surface area contributed by atoms with Crippen LogP contribution in [-0.2, 0) is 14.2 Å². The maximum atomic E-state index is 12.1. The van der Waals surface area contributed by atoms with E-state index in [1.54, 1.807) is 6.08 Å². The average molecular weight is 508 g/mol. The average Bonchev–Trinajstić information content (AvgIpc) is 2.84. The van der Waals surface area contributed by atoms with Gasteiger partial charge in [0.25, 0.3) is 5.88 Å². The molecule has 0 saturated heterocycles. The van der Waals surface area contributed by atoms with E-state index in [2.05, 4.69) is 10.3 Å². The molecule has 1 aromatic rings. The summed E-state index contributed by atoms with van der Waals surface area (Å²) < 4.78 is 16.8. The number of nitrogens with one attached hydrogen (secondary N) is 1. The first-order valence-electron chi connectivity index (χ1n) is 12.7. The number of alkyl carbamates (subject to hydrolysis) is 1. The number of carbonyl (C=O) groups excluding carboxylic acids is 1. The predicted octanol–water partition coefficient (Wildman–Crippen LogP) is 2.91. The summed E-state index contributed by atoms with van der Waals surface area (Å²) in [7, 11) is 0. The van der Waals surface area contributed by atoms with Gasteiger partial charge in [-0.15, -0.1) is 0 Å². The van der Waals surface area contributed by atoms with Gasteiger partial charge in [0, 0.05) is 23.4 Å². The van der Waals surface area contributed by atoms with Gasteiger partial charge in [-0.1, -0.05) is 6.07 Å². The zero-order chi connectivity index (χ0) is 26.2. The largest absolute Gasteiger partial charge is 0.484 e. The summed E-state index contributed by atoms with van der Waals surface area (Å²) in [6, 6.07) is 6.16. The number of hydrogen-bond acceptors (Lipinski definition) is 7. The summed E-state index contributed by atoms with van der Waals surface area (Å²) in [5.41, 5.74) is 2.08. The molecule has 37 heavy (non-hydrogen) atoms. The number of guanidine groups is 1. The number of nitrogens with zero attached hydrogens (tertiary/aromatic N) is 4. The first kappa shape index (κ1) is 25.0. The molecule has 1 fully saturated rings. The van der Waals surface area contributed by atoms with Crippen LogP contribution >= 0.6 is 0 Å². The van der Waals surface area contributed by atoms with Gasteiger partial charge >= 0.3 is 6.09 Å². The van der Waals surface area contributed by atoms with Gasteiger partial charge in [0.1, 0.15) is 18.8 Å². The number of fused-ring (bicyclic) bond motifs is 1. The standard InChI is InChI=1S/C27H33N5O5/c1-16-21-15-17(20-11-12-32(34)24-23(20)35-13-14-36-24)5-10-22(21)31-25(28-16)29-18-6-8-19(9-7-18)30-26(33)37-27(2,3)4/h5,10-12,15,18-19,34H,6-9,13-14H2,1-4H3,(H,30,33)/b20-17-,29-25?. The zero-order valence-electron chi connectivity index (χ0n) is 21.7. The lowest BCUT2D eigenvalue weighted by Crippen LogP contribution is -2.41. The molecule has 1 aromatic carbocycles. The fraction of sp³-hybridized carbons (Fsp3) is 0.481. The number of benzene rings is 1. The fourth-order valence-corrected chi connectivity index (χ4v) is 4.77. The van der Waals surface area contributed by atoms with Crippen LogP contribution in [0.25, 0.3) is 5.57 Å². The van der Waals surface area contributed by atoms with E-state index >= 15 is 0 Å². The summed E-state index contributed by atoms with van der Waals surface area (Å²) in [4.78, 5) is 26.3. The molecule has 10 heteroatoms. The molecule has 0 unspecified atom stereocenters. The second-order valence-electron chi connectivity index (χ2n) is 10.5.